The van der Waals surface area contributed by atoms with E-state index in [9.17, 15) is 14.0 Å². The molecule has 0 fully saturated rings. The third-order valence-electron chi connectivity index (χ3n) is 3.08. The molecule has 23 heavy (non-hydrogen) atoms. The van der Waals surface area contributed by atoms with E-state index in [1.165, 1.54) is 12.3 Å². The van der Waals surface area contributed by atoms with E-state index < -0.39 is 17.4 Å². The summed E-state index contributed by atoms with van der Waals surface area (Å²) in [5, 5.41) is 10.1. The molecule has 1 aromatic carbocycles. The highest BCUT2D eigenvalue weighted by Gasteiger charge is 2.18. The van der Waals surface area contributed by atoms with Crippen LogP contribution in [-0.4, -0.2) is 22.3 Å². The number of nitrogens with zero attached hydrogens (tertiary/aromatic N) is 2. The Morgan fingerprint density at radius 3 is 2.65 bits per heavy atom. The molecule has 0 bridgehead atoms. The summed E-state index contributed by atoms with van der Waals surface area (Å²) in [7, 11) is 1.15. The zero-order chi connectivity index (χ0) is 16.6. The fourth-order valence-electron chi connectivity index (χ4n) is 2.04. The summed E-state index contributed by atoms with van der Waals surface area (Å²) < 4.78 is 34.3. The summed E-state index contributed by atoms with van der Waals surface area (Å²) in [5.74, 6) is -2.36. The second kappa shape index (κ2) is 6.11. The molecule has 3 rings (SSSR count). The average Bonchev–Trinajstić information content (AvgIpc) is 2.92. The number of H-pyrrole nitrogens is 1. The van der Waals surface area contributed by atoms with Gasteiger partial charge in [-0.2, -0.15) is 0 Å². The van der Waals surface area contributed by atoms with E-state index >= 15 is 0 Å². The van der Waals surface area contributed by atoms with Crippen LogP contribution in [0.15, 0.2) is 35.1 Å². The molecule has 120 valence electrons. The van der Waals surface area contributed by atoms with Crippen LogP contribution in [0.4, 0.5) is 14.5 Å². The Kier molecular flexibility index (Phi) is 4.16. The zero-order valence-corrected chi connectivity index (χ0v) is 13.3. The normalized spacial score (nSPS) is 11.0. The van der Waals surface area contributed by atoms with Crippen LogP contribution in [0.5, 0.6) is 11.5 Å². The van der Waals surface area contributed by atoms with Crippen LogP contribution in [0, 0.1) is 11.6 Å². The molecule has 0 atom stereocenters. The summed E-state index contributed by atoms with van der Waals surface area (Å²) in [6.07, 6.45) is 3.09. The molecule has 0 saturated carbocycles. The lowest BCUT2D eigenvalue weighted by molar-refractivity contribution is -0.0112. The Balaban J connectivity index is 2.04. The van der Waals surface area contributed by atoms with E-state index in [4.69, 9.17) is 4.74 Å². The SMILES string of the molecule is CON(O)c1cc(F)c(Oc2ccnc3[nH]cc(Br)c23)c(F)c1. The lowest BCUT2D eigenvalue weighted by Gasteiger charge is -2.15. The zero-order valence-electron chi connectivity index (χ0n) is 11.7. The maximum absolute atomic E-state index is 14.1. The van der Waals surface area contributed by atoms with Gasteiger partial charge in [-0.25, -0.2) is 13.8 Å². The quantitative estimate of drug-likeness (QED) is 0.660. The van der Waals surface area contributed by atoms with Crippen molar-refractivity contribution in [2.45, 2.75) is 0 Å². The Bertz CT molecular complexity index is 849. The predicted octanol–water partition coefficient (Wildman–Crippen LogP) is 4.15. The number of hydrogen-bond acceptors (Lipinski definition) is 5. The van der Waals surface area contributed by atoms with E-state index in [0.29, 0.717) is 15.5 Å². The van der Waals surface area contributed by atoms with E-state index in [0.717, 1.165) is 19.2 Å². The second-order valence-corrected chi connectivity index (χ2v) is 5.32. The maximum atomic E-state index is 14.1. The van der Waals surface area contributed by atoms with Crippen molar-refractivity contribution in [3.05, 3.63) is 46.7 Å². The highest BCUT2D eigenvalue weighted by atomic mass is 79.9. The van der Waals surface area contributed by atoms with Gasteiger partial charge in [-0.15, -0.1) is 5.23 Å². The molecule has 3 aromatic rings. The van der Waals surface area contributed by atoms with Gasteiger partial charge in [0, 0.05) is 29.0 Å². The Morgan fingerprint density at radius 1 is 1.30 bits per heavy atom. The van der Waals surface area contributed by atoms with Gasteiger partial charge in [-0.3, -0.25) is 10.0 Å². The molecule has 0 amide bonds. The number of benzene rings is 1. The number of ether oxygens (including phenoxy) is 1. The molecule has 0 spiro atoms. The lowest BCUT2D eigenvalue weighted by atomic mass is 10.2. The van der Waals surface area contributed by atoms with Crippen molar-refractivity contribution in [3.8, 4) is 11.5 Å². The van der Waals surface area contributed by atoms with Gasteiger partial charge < -0.3 is 9.72 Å². The van der Waals surface area contributed by atoms with Crippen molar-refractivity contribution < 1.29 is 23.6 Å². The Morgan fingerprint density at radius 2 is 2.00 bits per heavy atom. The van der Waals surface area contributed by atoms with Crippen LogP contribution in [0.2, 0.25) is 0 Å². The van der Waals surface area contributed by atoms with Gasteiger partial charge in [0.25, 0.3) is 0 Å². The average molecular weight is 386 g/mol. The van der Waals surface area contributed by atoms with Crippen molar-refractivity contribution >= 4 is 32.7 Å². The molecular weight excluding hydrogens is 376 g/mol. The summed E-state index contributed by atoms with van der Waals surface area (Å²) in [6.45, 7) is 0. The van der Waals surface area contributed by atoms with Gasteiger partial charge >= 0.3 is 0 Å². The van der Waals surface area contributed by atoms with Crippen LogP contribution in [0.3, 0.4) is 0 Å². The monoisotopic (exact) mass is 385 g/mol. The van der Waals surface area contributed by atoms with Gasteiger partial charge in [0.15, 0.2) is 17.4 Å². The summed E-state index contributed by atoms with van der Waals surface area (Å²) in [6, 6.07) is 3.25. The van der Waals surface area contributed by atoms with E-state index in [-0.39, 0.29) is 16.7 Å². The molecule has 2 aromatic heterocycles. The molecule has 6 nitrogen and oxygen atoms in total. The Labute approximate surface area is 137 Å². The smallest absolute Gasteiger partial charge is 0.198 e. The fraction of sp³-hybridized carbons (Fsp3) is 0.0714. The number of aromatic nitrogens is 2. The predicted molar refractivity (Wildman–Crippen MR) is 81.5 cm³/mol. The fourth-order valence-corrected chi connectivity index (χ4v) is 2.54. The first-order valence-electron chi connectivity index (χ1n) is 6.33. The molecule has 2 heterocycles. The number of hydrogen-bond donors (Lipinski definition) is 2. The minimum atomic E-state index is -0.993. The van der Waals surface area contributed by atoms with Crippen molar-refractivity contribution in [3.63, 3.8) is 0 Å². The lowest BCUT2D eigenvalue weighted by Crippen LogP contribution is -2.16. The topological polar surface area (TPSA) is 70.6 Å². The van der Waals surface area contributed by atoms with Gasteiger partial charge in [0.2, 0.25) is 0 Å². The van der Waals surface area contributed by atoms with Crippen LogP contribution in [0.1, 0.15) is 0 Å². The summed E-state index contributed by atoms with van der Waals surface area (Å²) in [5.41, 5.74) is 0.297. The Hall–Kier alpha value is -2.23. The molecule has 9 heteroatoms. The number of halogens is 3. The molecule has 0 aliphatic heterocycles. The van der Waals surface area contributed by atoms with E-state index in [1.807, 2.05) is 0 Å². The van der Waals surface area contributed by atoms with Crippen molar-refractivity contribution in [2.24, 2.45) is 0 Å². The third kappa shape index (κ3) is 2.85. The van der Waals surface area contributed by atoms with Gasteiger partial charge in [0.05, 0.1) is 12.5 Å². The largest absolute Gasteiger partial charge is 0.450 e. The summed E-state index contributed by atoms with van der Waals surface area (Å²) in [4.78, 5) is 11.4. The minimum absolute atomic E-state index is 0.211. The van der Waals surface area contributed by atoms with Gasteiger partial charge in [-0.1, -0.05) is 0 Å². The number of pyridine rings is 1. The maximum Gasteiger partial charge on any atom is 0.198 e. The van der Waals surface area contributed by atoms with E-state index in [2.05, 4.69) is 30.7 Å². The number of nitrogens with one attached hydrogen (secondary N) is 1. The van der Waals surface area contributed by atoms with Gasteiger partial charge in [-0.05, 0) is 22.0 Å². The summed E-state index contributed by atoms with van der Waals surface area (Å²) >= 11 is 3.31. The first-order valence-corrected chi connectivity index (χ1v) is 7.12. The number of anilines is 1. The number of rotatable bonds is 4. The van der Waals surface area contributed by atoms with Gasteiger partial charge in [0.1, 0.15) is 17.1 Å². The molecule has 2 N–H and O–H groups in total. The molecule has 0 unspecified atom stereocenters. The van der Waals surface area contributed by atoms with Crippen molar-refractivity contribution in [2.75, 3.05) is 12.3 Å². The molecule has 0 radical (unpaired) electrons. The highest BCUT2D eigenvalue weighted by Crippen LogP contribution is 2.36. The molecule has 0 aliphatic rings. The minimum Gasteiger partial charge on any atom is -0.450 e. The van der Waals surface area contributed by atoms with Crippen LogP contribution in [-0.2, 0) is 4.84 Å². The standard InChI is InChI=1S/C14H10BrF2N3O3/c1-22-20(21)7-4-9(16)13(10(17)5-7)23-11-2-3-18-14-12(11)8(15)6-19-14/h2-6,21H,1H3,(H,18,19). The van der Waals surface area contributed by atoms with Crippen LogP contribution < -0.4 is 9.96 Å². The van der Waals surface area contributed by atoms with Crippen molar-refractivity contribution in [1.29, 1.82) is 0 Å². The van der Waals surface area contributed by atoms with E-state index in [1.54, 1.807) is 6.20 Å². The third-order valence-corrected chi connectivity index (χ3v) is 3.70. The molecule has 0 saturated heterocycles. The number of aromatic amines is 1. The molecule has 0 aliphatic carbocycles. The first-order chi connectivity index (χ1) is 11.0. The second-order valence-electron chi connectivity index (χ2n) is 4.47. The molecular formula is C14H10BrF2N3O3. The first kappa shape index (κ1) is 15.7. The van der Waals surface area contributed by atoms with Crippen molar-refractivity contribution in [1.82, 2.24) is 9.97 Å². The highest BCUT2D eigenvalue weighted by molar-refractivity contribution is 9.10. The number of fused-ring (bicyclic) bond motifs is 1. The van der Waals surface area contributed by atoms with Crippen LogP contribution in [0.25, 0.3) is 11.0 Å². The van der Waals surface area contributed by atoms with Crippen LogP contribution >= 0.6 is 15.9 Å².